The molecular formula is C46H30N2. The van der Waals surface area contributed by atoms with Crippen LogP contribution in [-0.2, 0) is 0 Å². The predicted molar refractivity (Wildman–Crippen MR) is 203 cm³/mol. The van der Waals surface area contributed by atoms with Gasteiger partial charge in [-0.2, -0.15) is 0 Å². The highest BCUT2D eigenvalue weighted by Crippen LogP contribution is 2.42. The molecule has 0 saturated carbocycles. The van der Waals surface area contributed by atoms with Crippen molar-refractivity contribution in [1.29, 1.82) is 0 Å². The van der Waals surface area contributed by atoms with Crippen molar-refractivity contribution in [2.45, 2.75) is 0 Å². The third-order valence-corrected chi connectivity index (χ3v) is 9.86. The first-order valence-corrected chi connectivity index (χ1v) is 16.5. The summed E-state index contributed by atoms with van der Waals surface area (Å²) in [4.78, 5) is 0. The van der Waals surface area contributed by atoms with E-state index in [9.17, 15) is 0 Å². The van der Waals surface area contributed by atoms with Crippen molar-refractivity contribution >= 4 is 54.3 Å². The summed E-state index contributed by atoms with van der Waals surface area (Å²) in [6.45, 7) is 0. The normalized spacial score (nSPS) is 11.8. The average Bonchev–Trinajstić information content (AvgIpc) is 3.71. The Balaban J connectivity index is 1.25. The van der Waals surface area contributed by atoms with Gasteiger partial charge in [0.05, 0.1) is 16.6 Å². The predicted octanol–water partition coefficient (Wildman–Crippen LogP) is 12.4. The van der Waals surface area contributed by atoms with Gasteiger partial charge in [0.15, 0.2) is 0 Å². The van der Waals surface area contributed by atoms with E-state index >= 15 is 0 Å². The van der Waals surface area contributed by atoms with E-state index < -0.39 is 0 Å². The number of para-hydroxylation sites is 2. The maximum atomic E-state index is 2.47. The van der Waals surface area contributed by atoms with Gasteiger partial charge in [-0.05, 0) is 86.8 Å². The van der Waals surface area contributed by atoms with Crippen molar-refractivity contribution in [2.24, 2.45) is 0 Å². The first-order chi connectivity index (χ1) is 23.8. The highest BCUT2D eigenvalue weighted by Gasteiger charge is 2.21. The quantitative estimate of drug-likeness (QED) is 0.175. The SMILES string of the molecule is c1ccc(-c2cn(-c3ccccc3)c3c2ccc2c4ccccc4n(-c4cccc(-c5ccc6cc7ccccc7cc6c5)c4)c23)cc1. The van der Waals surface area contributed by atoms with E-state index in [1.54, 1.807) is 0 Å². The van der Waals surface area contributed by atoms with Gasteiger partial charge in [-0.3, -0.25) is 0 Å². The molecule has 0 spiro atoms. The standard InChI is InChI=1S/C46H30N2/c1-3-12-31(13-4-1)43-30-47(38-17-5-2-6-18-38)45-42(43)25-24-41-40-20-9-10-21-44(40)48(46(41)45)39-19-11-16-34(29-39)35-22-23-36-26-32-14-7-8-15-33(32)27-37(36)28-35/h1-30H. The molecule has 0 aliphatic heterocycles. The molecule has 10 rings (SSSR count). The third-order valence-electron chi connectivity index (χ3n) is 9.86. The van der Waals surface area contributed by atoms with E-state index in [2.05, 4.69) is 191 Å². The Morgan fingerprint density at radius 2 is 0.958 bits per heavy atom. The van der Waals surface area contributed by atoms with Crippen LogP contribution in [0.25, 0.3) is 87.9 Å². The summed E-state index contributed by atoms with van der Waals surface area (Å²) < 4.78 is 4.85. The summed E-state index contributed by atoms with van der Waals surface area (Å²) in [6.07, 6.45) is 2.31. The lowest BCUT2D eigenvalue weighted by atomic mass is 9.98. The molecule has 0 aliphatic rings. The number of hydrogen-bond donors (Lipinski definition) is 0. The van der Waals surface area contributed by atoms with Crippen molar-refractivity contribution in [1.82, 2.24) is 9.13 Å². The Morgan fingerprint density at radius 3 is 1.79 bits per heavy atom. The monoisotopic (exact) mass is 610 g/mol. The first-order valence-electron chi connectivity index (χ1n) is 16.5. The topological polar surface area (TPSA) is 9.86 Å². The van der Waals surface area contributed by atoms with Gasteiger partial charge >= 0.3 is 0 Å². The zero-order valence-corrected chi connectivity index (χ0v) is 26.2. The van der Waals surface area contributed by atoms with Crippen molar-refractivity contribution in [3.63, 3.8) is 0 Å². The molecule has 0 saturated heterocycles. The molecule has 8 aromatic carbocycles. The molecule has 2 heterocycles. The second-order valence-electron chi connectivity index (χ2n) is 12.6. The minimum Gasteiger partial charge on any atom is -0.314 e. The molecule has 48 heavy (non-hydrogen) atoms. The van der Waals surface area contributed by atoms with Crippen LogP contribution >= 0.6 is 0 Å². The fourth-order valence-corrected chi connectivity index (χ4v) is 7.62. The Labute approximate surface area is 278 Å². The number of fused-ring (bicyclic) bond motifs is 7. The zero-order valence-electron chi connectivity index (χ0n) is 26.2. The van der Waals surface area contributed by atoms with Crippen molar-refractivity contribution < 1.29 is 0 Å². The maximum absolute atomic E-state index is 2.47. The lowest BCUT2D eigenvalue weighted by molar-refractivity contribution is 1.12. The highest BCUT2D eigenvalue weighted by molar-refractivity contribution is 6.20. The fraction of sp³-hybridized carbons (Fsp3) is 0. The molecule has 10 aromatic rings. The Kier molecular flexibility index (Phi) is 5.91. The second kappa shape index (κ2) is 10.6. The smallest absolute Gasteiger partial charge is 0.0788 e. The summed E-state index contributed by atoms with van der Waals surface area (Å²) in [5, 5.41) is 8.78. The minimum atomic E-state index is 1.14. The molecule has 0 amide bonds. The largest absolute Gasteiger partial charge is 0.314 e. The van der Waals surface area contributed by atoms with Crippen LogP contribution in [0, 0.1) is 0 Å². The van der Waals surface area contributed by atoms with Crippen LogP contribution in [0.5, 0.6) is 0 Å². The average molecular weight is 611 g/mol. The number of rotatable bonds is 4. The third kappa shape index (κ3) is 4.13. The van der Waals surface area contributed by atoms with Gasteiger partial charge in [0.1, 0.15) is 0 Å². The van der Waals surface area contributed by atoms with Crippen LogP contribution in [0.3, 0.4) is 0 Å². The lowest BCUT2D eigenvalue weighted by Gasteiger charge is -2.13. The van der Waals surface area contributed by atoms with Crippen LogP contribution in [-0.4, -0.2) is 9.13 Å². The van der Waals surface area contributed by atoms with Crippen LogP contribution in [0.2, 0.25) is 0 Å². The summed E-state index contributed by atoms with van der Waals surface area (Å²) >= 11 is 0. The van der Waals surface area contributed by atoms with Crippen LogP contribution in [0.1, 0.15) is 0 Å². The Morgan fingerprint density at radius 1 is 0.333 bits per heavy atom. The van der Waals surface area contributed by atoms with E-state index in [1.807, 2.05) is 0 Å². The molecule has 0 fully saturated rings. The van der Waals surface area contributed by atoms with E-state index in [0.717, 1.165) is 11.4 Å². The maximum Gasteiger partial charge on any atom is 0.0788 e. The van der Waals surface area contributed by atoms with Crippen LogP contribution < -0.4 is 0 Å². The summed E-state index contributed by atoms with van der Waals surface area (Å²) in [5.41, 5.74) is 10.8. The van der Waals surface area contributed by atoms with Crippen LogP contribution in [0.15, 0.2) is 182 Å². The molecule has 224 valence electrons. The zero-order chi connectivity index (χ0) is 31.6. The van der Waals surface area contributed by atoms with Gasteiger partial charge in [0, 0.05) is 39.3 Å². The summed E-state index contributed by atoms with van der Waals surface area (Å²) in [7, 11) is 0. The molecule has 0 radical (unpaired) electrons. The van der Waals surface area contributed by atoms with E-state index in [0.29, 0.717) is 0 Å². The molecular weight excluding hydrogens is 581 g/mol. The Hall–Kier alpha value is -6.38. The summed E-state index contributed by atoms with van der Waals surface area (Å²) in [5.74, 6) is 0. The Bertz CT molecular complexity index is 2820. The van der Waals surface area contributed by atoms with Gasteiger partial charge in [-0.15, -0.1) is 0 Å². The molecule has 0 bridgehead atoms. The second-order valence-corrected chi connectivity index (χ2v) is 12.6. The molecule has 0 aliphatic carbocycles. The number of benzene rings is 8. The van der Waals surface area contributed by atoms with Gasteiger partial charge in [-0.25, -0.2) is 0 Å². The van der Waals surface area contributed by atoms with E-state index in [1.165, 1.54) is 76.5 Å². The van der Waals surface area contributed by atoms with E-state index in [-0.39, 0.29) is 0 Å². The summed E-state index contributed by atoms with van der Waals surface area (Å²) in [6, 6.07) is 64.0. The van der Waals surface area contributed by atoms with E-state index in [4.69, 9.17) is 0 Å². The highest BCUT2D eigenvalue weighted by atomic mass is 15.0. The van der Waals surface area contributed by atoms with Gasteiger partial charge in [0.2, 0.25) is 0 Å². The molecule has 2 aromatic heterocycles. The molecule has 0 atom stereocenters. The number of aromatic nitrogens is 2. The molecule has 2 heteroatoms. The fourth-order valence-electron chi connectivity index (χ4n) is 7.62. The van der Waals surface area contributed by atoms with Gasteiger partial charge < -0.3 is 9.13 Å². The molecule has 0 N–H and O–H groups in total. The first kappa shape index (κ1) is 26.8. The van der Waals surface area contributed by atoms with Crippen molar-refractivity contribution in [3.8, 4) is 33.6 Å². The lowest BCUT2D eigenvalue weighted by Crippen LogP contribution is -1.98. The molecule has 2 nitrogen and oxygen atoms in total. The van der Waals surface area contributed by atoms with Gasteiger partial charge in [-0.1, -0.05) is 127 Å². The number of nitrogens with zero attached hydrogens (tertiary/aromatic N) is 2. The van der Waals surface area contributed by atoms with Crippen molar-refractivity contribution in [2.75, 3.05) is 0 Å². The number of hydrogen-bond acceptors (Lipinski definition) is 0. The molecule has 0 unspecified atom stereocenters. The van der Waals surface area contributed by atoms with Gasteiger partial charge in [0.25, 0.3) is 0 Å². The van der Waals surface area contributed by atoms with Crippen LogP contribution in [0.4, 0.5) is 0 Å². The van der Waals surface area contributed by atoms with Crippen molar-refractivity contribution in [3.05, 3.63) is 182 Å². The minimum absolute atomic E-state index is 1.14.